The van der Waals surface area contributed by atoms with Gasteiger partial charge in [-0.15, -0.1) is 5.10 Å². The average Bonchev–Trinajstić information content (AvgIpc) is 2.69. The first kappa shape index (κ1) is 16.9. The van der Waals surface area contributed by atoms with Crippen molar-refractivity contribution < 1.29 is 9.53 Å². The van der Waals surface area contributed by atoms with Crippen molar-refractivity contribution in [2.45, 2.75) is 25.4 Å². The van der Waals surface area contributed by atoms with Crippen LogP contribution >= 0.6 is 0 Å². The number of nitrogens with zero attached hydrogens (tertiary/aromatic N) is 5. The Labute approximate surface area is 153 Å². The van der Waals surface area contributed by atoms with Crippen molar-refractivity contribution in [1.82, 2.24) is 20.1 Å². The van der Waals surface area contributed by atoms with E-state index in [0.717, 1.165) is 37.4 Å². The summed E-state index contributed by atoms with van der Waals surface area (Å²) >= 11 is 0. The number of hydrogen-bond acceptors (Lipinski definition) is 6. The van der Waals surface area contributed by atoms with Crippen molar-refractivity contribution in [3.63, 3.8) is 0 Å². The second-order valence-electron chi connectivity index (χ2n) is 7.05. The van der Waals surface area contributed by atoms with E-state index in [9.17, 15) is 4.79 Å². The van der Waals surface area contributed by atoms with Gasteiger partial charge in [0.15, 0.2) is 5.82 Å². The topological polar surface area (TPSA) is 71.5 Å². The number of carbonyl (C=O) groups is 1. The van der Waals surface area contributed by atoms with Gasteiger partial charge in [0.05, 0.1) is 25.4 Å². The molecule has 2 aliphatic rings. The van der Waals surface area contributed by atoms with E-state index in [4.69, 9.17) is 4.74 Å². The summed E-state index contributed by atoms with van der Waals surface area (Å²) in [6.45, 7) is 5.37. The highest BCUT2D eigenvalue weighted by Crippen LogP contribution is 2.31. The largest absolute Gasteiger partial charge is 0.369 e. The van der Waals surface area contributed by atoms with Gasteiger partial charge in [-0.05, 0) is 44.0 Å². The zero-order valence-electron chi connectivity index (χ0n) is 15.0. The van der Waals surface area contributed by atoms with Crippen molar-refractivity contribution in [2.75, 3.05) is 37.7 Å². The van der Waals surface area contributed by atoms with E-state index >= 15 is 0 Å². The van der Waals surface area contributed by atoms with Gasteiger partial charge in [0.1, 0.15) is 5.60 Å². The minimum Gasteiger partial charge on any atom is -0.369 e. The Kier molecular flexibility index (Phi) is 4.55. The number of aryl methyl sites for hydroxylation is 1. The van der Waals surface area contributed by atoms with Crippen LogP contribution in [0.15, 0.2) is 36.7 Å². The van der Waals surface area contributed by atoms with E-state index < -0.39 is 0 Å². The number of morpholine rings is 1. The highest BCUT2D eigenvalue weighted by atomic mass is 16.5. The molecule has 4 heterocycles. The molecule has 0 N–H and O–H groups in total. The fourth-order valence-corrected chi connectivity index (χ4v) is 3.80. The lowest BCUT2D eigenvalue weighted by molar-refractivity contribution is -0.105. The molecule has 0 aliphatic carbocycles. The van der Waals surface area contributed by atoms with Gasteiger partial charge >= 0.3 is 0 Å². The van der Waals surface area contributed by atoms with Gasteiger partial charge in [-0.3, -0.25) is 9.78 Å². The molecule has 1 amide bonds. The van der Waals surface area contributed by atoms with Crippen LogP contribution in [-0.4, -0.2) is 64.4 Å². The molecule has 7 heteroatoms. The molecule has 2 saturated heterocycles. The van der Waals surface area contributed by atoms with Crippen molar-refractivity contribution in [1.29, 1.82) is 0 Å². The lowest BCUT2D eigenvalue weighted by Crippen LogP contribution is -2.61. The number of carbonyl (C=O) groups excluding carboxylic acids is 1. The van der Waals surface area contributed by atoms with Gasteiger partial charge < -0.3 is 14.5 Å². The monoisotopic (exact) mass is 353 g/mol. The first-order valence-electron chi connectivity index (χ1n) is 9.04. The molecule has 2 aromatic heterocycles. The Balaban J connectivity index is 1.50. The number of pyridine rings is 1. The zero-order chi connectivity index (χ0) is 18.0. The van der Waals surface area contributed by atoms with Crippen LogP contribution in [0.4, 0.5) is 5.82 Å². The van der Waals surface area contributed by atoms with E-state index in [-0.39, 0.29) is 11.5 Å². The summed E-state index contributed by atoms with van der Waals surface area (Å²) in [5.41, 5.74) is 1.24. The molecular weight excluding hydrogens is 330 g/mol. The Morgan fingerprint density at radius 3 is 2.73 bits per heavy atom. The summed E-state index contributed by atoms with van der Waals surface area (Å²) < 4.78 is 6.20. The maximum Gasteiger partial charge on any atom is 0.254 e. The molecule has 0 bridgehead atoms. The highest BCUT2D eigenvalue weighted by molar-refractivity contribution is 5.94. The number of piperidine rings is 1. The molecule has 0 saturated carbocycles. The zero-order valence-corrected chi connectivity index (χ0v) is 15.0. The standard InChI is InChI=1S/C19H23N5O2/c1-15-3-4-17(22-21-15)23-10-2-7-19(13-23)14-24(11-12-26-19)18(25)16-5-8-20-9-6-16/h3-6,8-9H,2,7,10-14H2,1H3/t19-/m1/s1. The second kappa shape index (κ2) is 6.99. The minimum absolute atomic E-state index is 0.0438. The molecule has 0 aromatic carbocycles. The maximum absolute atomic E-state index is 12.8. The number of aromatic nitrogens is 3. The first-order valence-corrected chi connectivity index (χ1v) is 9.04. The van der Waals surface area contributed by atoms with E-state index in [1.165, 1.54) is 0 Å². The van der Waals surface area contributed by atoms with Crippen molar-refractivity contribution >= 4 is 11.7 Å². The second-order valence-corrected chi connectivity index (χ2v) is 7.05. The molecule has 1 spiro atoms. The third kappa shape index (κ3) is 3.39. The molecule has 4 rings (SSSR count). The van der Waals surface area contributed by atoms with Crippen LogP contribution < -0.4 is 4.90 Å². The van der Waals surface area contributed by atoms with Crippen LogP contribution in [0.2, 0.25) is 0 Å². The van der Waals surface area contributed by atoms with E-state index in [2.05, 4.69) is 20.1 Å². The Bertz CT molecular complexity index is 763. The van der Waals surface area contributed by atoms with E-state index in [0.29, 0.717) is 25.3 Å². The van der Waals surface area contributed by atoms with Crippen LogP contribution in [-0.2, 0) is 4.74 Å². The molecular formula is C19H23N5O2. The molecule has 2 fully saturated rings. The molecule has 1 atom stereocenters. The molecule has 2 aliphatic heterocycles. The normalized spacial score (nSPS) is 23.3. The minimum atomic E-state index is -0.342. The maximum atomic E-state index is 12.8. The fourth-order valence-electron chi connectivity index (χ4n) is 3.80. The van der Waals surface area contributed by atoms with Crippen molar-refractivity contribution in [3.8, 4) is 0 Å². The molecule has 136 valence electrons. The number of anilines is 1. The number of hydrogen-bond donors (Lipinski definition) is 0. The van der Waals surface area contributed by atoms with Gasteiger partial charge in [0.25, 0.3) is 5.91 Å². The van der Waals surface area contributed by atoms with Gasteiger partial charge in [-0.1, -0.05) is 0 Å². The lowest BCUT2D eigenvalue weighted by Gasteiger charge is -2.48. The third-order valence-electron chi connectivity index (χ3n) is 5.11. The Hall–Kier alpha value is -2.54. The number of rotatable bonds is 2. The SMILES string of the molecule is Cc1ccc(N2CCC[C@]3(CN(C(=O)c4ccncc4)CCO3)C2)nn1. The fraction of sp³-hybridized carbons (Fsp3) is 0.474. The molecule has 0 unspecified atom stereocenters. The van der Waals surface area contributed by atoms with Crippen molar-refractivity contribution in [2.24, 2.45) is 0 Å². The number of ether oxygens (including phenoxy) is 1. The summed E-state index contributed by atoms with van der Waals surface area (Å²) in [4.78, 5) is 20.9. The van der Waals surface area contributed by atoms with E-state index in [1.807, 2.05) is 24.0 Å². The lowest BCUT2D eigenvalue weighted by atomic mass is 9.90. The molecule has 26 heavy (non-hydrogen) atoms. The highest BCUT2D eigenvalue weighted by Gasteiger charge is 2.42. The summed E-state index contributed by atoms with van der Waals surface area (Å²) in [6.07, 6.45) is 5.26. The van der Waals surface area contributed by atoms with Gasteiger partial charge in [-0.2, -0.15) is 5.10 Å². The van der Waals surface area contributed by atoms with E-state index in [1.54, 1.807) is 24.5 Å². The average molecular weight is 353 g/mol. The summed E-state index contributed by atoms with van der Waals surface area (Å²) in [7, 11) is 0. The third-order valence-corrected chi connectivity index (χ3v) is 5.11. The summed E-state index contributed by atoms with van der Waals surface area (Å²) in [5, 5.41) is 8.48. The van der Waals surface area contributed by atoms with Gasteiger partial charge in [-0.25, -0.2) is 0 Å². The summed E-state index contributed by atoms with van der Waals surface area (Å²) in [6, 6.07) is 7.51. The molecule has 2 aromatic rings. The smallest absolute Gasteiger partial charge is 0.254 e. The van der Waals surface area contributed by atoms with Crippen molar-refractivity contribution in [3.05, 3.63) is 47.9 Å². The van der Waals surface area contributed by atoms with Gasteiger partial charge in [0, 0.05) is 31.0 Å². The predicted molar refractivity (Wildman–Crippen MR) is 97.0 cm³/mol. The van der Waals surface area contributed by atoms with Gasteiger partial charge in [0.2, 0.25) is 0 Å². The molecule has 7 nitrogen and oxygen atoms in total. The number of amides is 1. The summed E-state index contributed by atoms with van der Waals surface area (Å²) in [5.74, 6) is 0.915. The van der Waals surface area contributed by atoms with Crippen LogP contribution in [0.3, 0.4) is 0 Å². The predicted octanol–water partition coefficient (Wildman–Crippen LogP) is 1.69. The quantitative estimate of drug-likeness (QED) is 0.818. The van der Waals surface area contributed by atoms with Crippen LogP contribution in [0.5, 0.6) is 0 Å². The Morgan fingerprint density at radius 2 is 1.96 bits per heavy atom. The first-order chi connectivity index (χ1) is 12.7. The van der Waals surface area contributed by atoms with Crippen LogP contribution in [0, 0.1) is 6.92 Å². The molecule has 0 radical (unpaired) electrons. The van der Waals surface area contributed by atoms with Crippen LogP contribution in [0.1, 0.15) is 28.9 Å². The Morgan fingerprint density at radius 1 is 1.12 bits per heavy atom. The van der Waals surface area contributed by atoms with Crippen LogP contribution in [0.25, 0.3) is 0 Å².